The molecule has 6 heteroatoms. The Hall–Kier alpha value is -1.88. The average Bonchev–Trinajstić information content (AvgIpc) is 3.01. The summed E-state index contributed by atoms with van der Waals surface area (Å²) in [5, 5.41) is 9.37. The van der Waals surface area contributed by atoms with Crippen molar-refractivity contribution in [1.29, 1.82) is 0 Å². The molecule has 1 heterocycles. The third-order valence-electron chi connectivity index (χ3n) is 3.64. The van der Waals surface area contributed by atoms with Gasteiger partial charge >= 0.3 is 0 Å². The number of rotatable bonds is 5. The van der Waals surface area contributed by atoms with Gasteiger partial charge in [0.15, 0.2) is 0 Å². The second kappa shape index (κ2) is 7.34. The van der Waals surface area contributed by atoms with E-state index in [-0.39, 0.29) is 0 Å². The zero-order valence-electron chi connectivity index (χ0n) is 13.5. The van der Waals surface area contributed by atoms with Crippen molar-refractivity contribution in [2.45, 2.75) is 20.0 Å². The van der Waals surface area contributed by atoms with Gasteiger partial charge in [-0.2, -0.15) is 0 Å². The van der Waals surface area contributed by atoms with Gasteiger partial charge < -0.3 is 4.42 Å². The SMILES string of the molecule is Cc1ccc(-c2nnc(CN(C)Cc3cccc(Cl)c3Cl)o2)cc1. The Morgan fingerprint density at radius 1 is 1.00 bits per heavy atom. The van der Waals surface area contributed by atoms with Gasteiger partial charge in [-0.1, -0.05) is 53.0 Å². The maximum atomic E-state index is 6.23. The van der Waals surface area contributed by atoms with Crippen molar-refractivity contribution in [3.8, 4) is 11.5 Å². The highest BCUT2D eigenvalue weighted by Crippen LogP contribution is 2.26. The summed E-state index contributed by atoms with van der Waals surface area (Å²) in [6.07, 6.45) is 0. The Bertz CT molecular complexity index is 831. The summed E-state index contributed by atoms with van der Waals surface area (Å²) in [4.78, 5) is 2.05. The molecule has 1 aromatic heterocycles. The van der Waals surface area contributed by atoms with E-state index in [0.29, 0.717) is 34.9 Å². The van der Waals surface area contributed by atoms with E-state index in [0.717, 1.165) is 11.1 Å². The lowest BCUT2D eigenvalue weighted by molar-refractivity contribution is 0.283. The first kappa shape index (κ1) is 17.0. The number of aryl methyl sites for hydroxylation is 1. The molecular weight excluding hydrogens is 345 g/mol. The van der Waals surface area contributed by atoms with Crippen molar-refractivity contribution in [1.82, 2.24) is 15.1 Å². The zero-order chi connectivity index (χ0) is 17.1. The first-order valence-corrected chi connectivity index (χ1v) is 8.29. The van der Waals surface area contributed by atoms with Crippen LogP contribution in [0.1, 0.15) is 17.0 Å². The first-order chi connectivity index (χ1) is 11.5. The van der Waals surface area contributed by atoms with E-state index in [9.17, 15) is 0 Å². The number of nitrogens with zero attached hydrogens (tertiary/aromatic N) is 3. The molecule has 2 aromatic carbocycles. The molecule has 0 aliphatic rings. The van der Waals surface area contributed by atoms with E-state index in [1.165, 1.54) is 5.56 Å². The third kappa shape index (κ3) is 3.96. The fourth-order valence-electron chi connectivity index (χ4n) is 2.38. The highest BCUT2D eigenvalue weighted by Gasteiger charge is 2.12. The topological polar surface area (TPSA) is 42.2 Å². The minimum absolute atomic E-state index is 0.527. The van der Waals surface area contributed by atoms with Crippen molar-refractivity contribution in [3.63, 3.8) is 0 Å². The van der Waals surface area contributed by atoms with Gasteiger partial charge in [0, 0.05) is 12.1 Å². The molecule has 0 aliphatic heterocycles. The normalized spacial score (nSPS) is 11.2. The molecule has 0 N–H and O–H groups in total. The molecule has 4 nitrogen and oxygen atoms in total. The predicted octanol–water partition coefficient (Wildman–Crippen LogP) is 4.98. The summed E-state index contributed by atoms with van der Waals surface area (Å²) in [6.45, 7) is 3.21. The van der Waals surface area contributed by atoms with Crippen molar-refractivity contribution in [2.24, 2.45) is 0 Å². The Balaban J connectivity index is 1.68. The highest BCUT2D eigenvalue weighted by atomic mass is 35.5. The van der Waals surface area contributed by atoms with Crippen LogP contribution in [0.15, 0.2) is 46.9 Å². The summed E-state index contributed by atoms with van der Waals surface area (Å²) in [5.74, 6) is 1.09. The van der Waals surface area contributed by atoms with E-state index in [1.54, 1.807) is 6.07 Å². The predicted molar refractivity (Wildman–Crippen MR) is 96.1 cm³/mol. The standard InChI is InChI=1S/C18H17Cl2N3O/c1-12-6-8-13(9-7-12)18-22-21-16(24-18)11-23(2)10-14-4-3-5-15(19)17(14)20/h3-9H,10-11H2,1-2H3. The Morgan fingerprint density at radius 3 is 2.50 bits per heavy atom. The van der Waals surface area contributed by atoms with Gasteiger partial charge in [0.05, 0.1) is 16.6 Å². The van der Waals surface area contributed by atoms with Gasteiger partial charge in [0.1, 0.15) is 0 Å². The Kier molecular flexibility index (Phi) is 5.19. The largest absolute Gasteiger partial charge is 0.419 e. The number of halogens is 2. The summed E-state index contributed by atoms with van der Waals surface area (Å²) in [5.41, 5.74) is 3.07. The van der Waals surface area contributed by atoms with E-state index < -0.39 is 0 Å². The molecule has 0 fully saturated rings. The third-order valence-corrected chi connectivity index (χ3v) is 4.50. The lowest BCUT2D eigenvalue weighted by Crippen LogP contribution is -2.17. The quantitative estimate of drug-likeness (QED) is 0.642. The molecule has 0 unspecified atom stereocenters. The molecule has 0 atom stereocenters. The summed E-state index contributed by atoms with van der Waals surface area (Å²) >= 11 is 12.3. The van der Waals surface area contributed by atoms with Crippen molar-refractivity contribution >= 4 is 23.2 Å². The van der Waals surface area contributed by atoms with Crippen LogP contribution in [0.4, 0.5) is 0 Å². The maximum absolute atomic E-state index is 6.23. The highest BCUT2D eigenvalue weighted by molar-refractivity contribution is 6.42. The summed E-state index contributed by atoms with van der Waals surface area (Å²) in [7, 11) is 1.97. The van der Waals surface area contributed by atoms with Crippen molar-refractivity contribution in [3.05, 3.63) is 69.5 Å². The number of aromatic nitrogens is 2. The van der Waals surface area contributed by atoms with E-state index >= 15 is 0 Å². The molecule has 124 valence electrons. The molecule has 0 saturated heterocycles. The number of hydrogen-bond acceptors (Lipinski definition) is 4. The smallest absolute Gasteiger partial charge is 0.247 e. The Labute approximate surface area is 151 Å². The van der Waals surface area contributed by atoms with Gasteiger partial charge in [0.25, 0.3) is 0 Å². The molecule has 0 aliphatic carbocycles. The van der Waals surface area contributed by atoms with Crippen molar-refractivity contribution in [2.75, 3.05) is 7.05 Å². The lowest BCUT2D eigenvalue weighted by Gasteiger charge is -2.15. The average molecular weight is 362 g/mol. The van der Waals surface area contributed by atoms with E-state index in [4.69, 9.17) is 27.6 Å². The van der Waals surface area contributed by atoms with Gasteiger partial charge in [0.2, 0.25) is 11.8 Å². The summed E-state index contributed by atoms with van der Waals surface area (Å²) < 4.78 is 5.75. The van der Waals surface area contributed by atoms with Crippen LogP contribution < -0.4 is 0 Å². The first-order valence-electron chi connectivity index (χ1n) is 7.54. The van der Waals surface area contributed by atoms with Crippen LogP contribution in [0, 0.1) is 6.92 Å². The number of hydrogen-bond donors (Lipinski definition) is 0. The van der Waals surface area contributed by atoms with Crippen LogP contribution in [-0.2, 0) is 13.1 Å². The second-order valence-electron chi connectivity index (χ2n) is 5.75. The zero-order valence-corrected chi connectivity index (χ0v) is 15.0. The maximum Gasteiger partial charge on any atom is 0.247 e. The Morgan fingerprint density at radius 2 is 1.75 bits per heavy atom. The minimum atomic E-state index is 0.527. The van der Waals surface area contributed by atoms with Gasteiger partial charge in [-0.15, -0.1) is 10.2 Å². The molecule has 0 radical (unpaired) electrons. The fourth-order valence-corrected chi connectivity index (χ4v) is 2.76. The molecule has 0 bridgehead atoms. The second-order valence-corrected chi connectivity index (χ2v) is 6.54. The van der Waals surface area contributed by atoms with Gasteiger partial charge in [-0.3, -0.25) is 4.90 Å². The van der Waals surface area contributed by atoms with Crippen LogP contribution in [0.5, 0.6) is 0 Å². The van der Waals surface area contributed by atoms with Crippen LogP contribution in [0.3, 0.4) is 0 Å². The molecule has 0 amide bonds. The van der Waals surface area contributed by atoms with Crippen LogP contribution in [0.2, 0.25) is 10.0 Å². The molecule has 0 saturated carbocycles. The lowest BCUT2D eigenvalue weighted by atomic mass is 10.1. The van der Waals surface area contributed by atoms with E-state index in [1.807, 2.05) is 55.3 Å². The fraction of sp³-hybridized carbons (Fsp3) is 0.222. The van der Waals surface area contributed by atoms with E-state index in [2.05, 4.69) is 10.2 Å². The van der Waals surface area contributed by atoms with Crippen LogP contribution >= 0.6 is 23.2 Å². The van der Waals surface area contributed by atoms with Crippen LogP contribution in [0.25, 0.3) is 11.5 Å². The molecular formula is C18H17Cl2N3O. The molecule has 24 heavy (non-hydrogen) atoms. The van der Waals surface area contributed by atoms with Crippen LogP contribution in [-0.4, -0.2) is 22.1 Å². The minimum Gasteiger partial charge on any atom is -0.419 e. The molecule has 3 aromatic rings. The monoisotopic (exact) mass is 361 g/mol. The van der Waals surface area contributed by atoms with Gasteiger partial charge in [-0.25, -0.2) is 0 Å². The number of benzene rings is 2. The van der Waals surface area contributed by atoms with Crippen molar-refractivity contribution < 1.29 is 4.42 Å². The molecule has 0 spiro atoms. The summed E-state index contributed by atoms with van der Waals surface area (Å²) in [6, 6.07) is 13.6. The molecule has 3 rings (SSSR count). The van der Waals surface area contributed by atoms with Gasteiger partial charge in [-0.05, 0) is 37.7 Å².